The van der Waals surface area contributed by atoms with Gasteiger partial charge in [0, 0.05) is 5.69 Å². The van der Waals surface area contributed by atoms with E-state index >= 15 is 0 Å². The van der Waals surface area contributed by atoms with Gasteiger partial charge >= 0.3 is 0 Å². The van der Waals surface area contributed by atoms with Crippen molar-refractivity contribution in [1.82, 2.24) is 0 Å². The molecule has 0 spiro atoms. The Morgan fingerprint density at radius 2 is 2.10 bits per heavy atom. The minimum absolute atomic E-state index is 0.178. The van der Waals surface area contributed by atoms with E-state index < -0.39 is 6.10 Å². The molecule has 3 N–H and O–H groups in total. The van der Waals surface area contributed by atoms with Crippen molar-refractivity contribution in [1.29, 1.82) is 0 Å². The summed E-state index contributed by atoms with van der Waals surface area (Å²) >= 11 is 6.03. The standard InChI is InChI=1S/C15H21ClN2O2/c1-10(20-12-5-3-2-4-6-12)15(19)18-14-8-7-11(17)9-13(14)16/h7-10,12H,2-6,17H2,1H3,(H,18,19). The molecule has 1 saturated carbocycles. The summed E-state index contributed by atoms with van der Waals surface area (Å²) in [5.74, 6) is -0.178. The van der Waals surface area contributed by atoms with Crippen molar-refractivity contribution in [3.8, 4) is 0 Å². The number of rotatable bonds is 4. The summed E-state index contributed by atoms with van der Waals surface area (Å²) < 4.78 is 5.81. The molecule has 1 unspecified atom stereocenters. The third kappa shape index (κ3) is 4.12. The van der Waals surface area contributed by atoms with E-state index in [1.807, 2.05) is 0 Å². The lowest BCUT2D eigenvalue weighted by atomic mass is 9.97. The molecule has 2 rings (SSSR count). The highest BCUT2D eigenvalue weighted by molar-refractivity contribution is 6.34. The Labute approximate surface area is 124 Å². The van der Waals surface area contributed by atoms with E-state index in [0.717, 1.165) is 12.8 Å². The first kappa shape index (κ1) is 15.1. The maximum absolute atomic E-state index is 12.1. The maximum atomic E-state index is 12.1. The Morgan fingerprint density at radius 1 is 1.40 bits per heavy atom. The van der Waals surface area contributed by atoms with E-state index in [9.17, 15) is 4.79 Å². The van der Waals surface area contributed by atoms with E-state index in [0.29, 0.717) is 16.4 Å². The molecule has 110 valence electrons. The lowest BCUT2D eigenvalue weighted by molar-refractivity contribution is -0.131. The van der Waals surface area contributed by atoms with Crippen LogP contribution in [0.15, 0.2) is 18.2 Å². The highest BCUT2D eigenvalue weighted by Crippen LogP contribution is 2.25. The Kier molecular flexibility index (Phi) is 5.26. The van der Waals surface area contributed by atoms with E-state index in [1.54, 1.807) is 25.1 Å². The zero-order chi connectivity index (χ0) is 14.5. The van der Waals surface area contributed by atoms with Crippen molar-refractivity contribution in [2.45, 2.75) is 51.2 Å². The van der Waals surface area contributed by atoms with Crippen molar-refractivity contribution in [2.24, 2.45) is 0 Å². The minimum Gasteiger partial charge on any atom is -0.399 e. The largest absolute Gasteiger partial charge is 0.399 e. The van der Waals surface area contributed by atoms with Gasteiger partial charge in [0.05, 0.1) is 16.8 Å². The van der Waals surface area contributed by atoms with Gasteiger partial charge in [0.15, 0.2) is 0 Å². The second kappa shape index (κ2) is 6.95. The van der Waals surface area contributed by atoms with Crippen LogP contribution in [0.3, 0.4) is 0 Å². The van der Waals surface area contributed by atoms with Crippen molar-refractivity contribution in [2.75, 3.05) is 11.1 Å². The van der Waals surface area contributed by atoms with Crippen molar-refractivity contribution in [3.63, 3.8) is 0 Å². The zero-order valence-corrected chi connectivity index (χ0v) is 12.5. The molecule has 0 radical (unpaired) electrons. The van der Waals surface area contributed by atoms with Gasteiger partial charge in [0.2, 0.25) is 0 Å². The summed E-state index contributed by atoms with van der Waals surface area (Å²) in [4.78, 5) is 12.1. The molecule has 4 nitrogen and oxygen atoms in total. The summed E-state index contributed by atoms with van der Waals surface area (Å²) in [6.07, 6.45) is 5.44. The first-order chi connectivity index (χ1) is 9.56. The quantitative estimate of drug-likeness (QED) is 0.834. The summed E-state index contributed by atoms with van der Waals surface area (Å²) in [7, 11) is 0. The topological polar surface area (TPSA) is 64.3 Å². The van der Waals surface area contributed by atoms with Crippen LogP contribution in [-0.4, -0.2) is 18.1 Å². The number of amides is 1. The third-order valence-electron chi connectivity index (χ3n) is 3.57. The van der Waals surface area contributed by atoms with Crippen LogP contribution >= 0.6 is 11.6 Å². The van der Waals surface area contributed by atoms with Gasteiger partial charge in [0.25, 0.3) is 5.91 Å². The van der Waals surface area contributed by atoms with Crippen LogP contribution in [0.25, 0.3) is 0 Å². The molecule has 0 heterocycles. The van der Waals surface area contributed by atoms with E-state index in [1.165, 1.54) is 19.3 Å². The summed E-state index contributed by atoms with van der Waals surface area (Å²) in [6.45, 7) is 1.77. The Bertz CT molecular complexity index is 473. The van der Waals surface area contributed by atoms with Gasteiger partial charge in [-0.3, -0.25) is 4.79 Å². The highest BCUT2D eigenvalue weighted by atomic mass is 35.5. The van der Waals surface area contributed by atoms with Crippen molar-refractivity contribution < 1.29 is 9.53 Å². The maximum Gasteiger partial charge on any atom is 0.253 e. The molecule has 0 saturated heterocycles. The van der Waals surface area contributed by atoms with Gasteiger partial charge in [-0.15, -0.1) is 0 Å². The number of nitrogens with two attached hydrogens (primary N) is 1. The van der Waals surface area contributed by atoms with E-state index in [-0.39, 0.29) is 12.0 Å². The normalized spacial score (nSPS) is 17.7. The second-order valence-electron chi connectivity index (χ2n) is 5.27. The van der Waals surface area contributed by atoms with Crippen LogP contribution in [0.1, 0.15) is 39.0 Å². The lowest BCUT2D eigenvalue weighted by Gasteiger charge is -2.25. The molecule has 0 aromatic heterocycles. The summed E-state index contributed by atoms with van der Waals surface area (Å²) in [6, 6.07) is 5.01. The van der Waals surface area contributed by atoms with Gasteiger partial charge in [-0.05, 0) is 38.0 Å². The third-order valence-corrected chi connectivity index (χ3v) is 3.88. The van der Waals surface area contributed by atoms with Crippen LogP contribution in [0, 0.1) is 0 Å². The number of hydrogen-bond donors (Lipinski definition) is 2. The monoisotopic (exact) mass is 296 g/mol. The van der Waals surface area contributed by atoms with Gasteiger partial charge < -0.3 is 15.8 Å². The second-order valence-corrected chi connectivity index (χ2v) is 5.67. The molecule has 5 heteroatoms. The molecule has 20 heavy (non-hydrogen) atoms. The van der Waals surface area contributed by atoms with Gasteiger partial charge in [0.1, 0.15) is 6.10 Å². The number of nitrogen functional groups attached to an aromatic ring is 1. The predicted octanol–water partition coefficient (Wildman–Crippen LogP) is 3.60. The van der Waals surface area contributed by atoms with Crippen LogP contribution in [0.2, 0.25) is 5.02 Å². The molecule has 0 aliphatic heterocycles. The number of benzene rings is 1. The fraction of sp³-hybridized carbons (Fsp3) is 0.533. The molecular weight excluding hydrogens is 276 g/mol. The fourth-order valence-corrected chi connectivity index (χ4v) is 2.66. The van der Waals surface area contributed by atoms with Gasteiger partial charge in [-0.1, -0.05) is 30.9 Å². The van der Waals surface area contributed by atoms with Crippen molar-refractivity contribution in [3.05, 3.63) is 23.2 Å². The van der Waals surface area contributed by atoms with Crippen LogP contribution in [0.4, 0.5) is 11.4 Å². The number of nitrogens with one attached hydrogen (secondary N) is 1. The molecule has 1 aromatic rings. The van der Waals surface area contributed by atoms with Crippen LogP contribution in [-0.2, 0) is 9.53 Å². The number of ether oxygens (including phenoxy) is 1. The number of hydrogen-bond acceptors (Lipinski definition) is 3. The Hall–Kier alpha value is -1.26. The predicted molar refractivity (Wildman–Crippen MR) is 81.9 cm³/mol. The highest BCUT2D eigenvalue weighted by Gasteiger charge is 2.21. The zero-order valence-electron chi connectivity index (χ0n) is 11.7. The van der Waals surface area contributed by atoms with Gasteiger partial charge in [-0.25, -0.2) is 0 Å². The molecule has 1 amide bonds. The van der Waals surface area contributed by atoms with Crippen LogP contribution in [0.5, 0.6) is 0 Å². The first-order valence-corrected chi connectivity index (χ1v) is 7.45. The summed E-state index contributed by atoms with van der Waals surface area (Å²) in [5, 5.41) is 3.21. The molecule has 1 aliphatic rings. The van der Waals surface area contributed by atoms with E-state index in [2.05, 4.69) is 5.32 Å². The molecule has 1 aromatic carbocycles. The summed E-state index contributed by atoms with van der Waals surface area (Å²) in [5.41, 5.74) is 6.75. The molecule has 1 atom stereocenters. The number of carbonyl (C=O) groups is 1. The Morgan fingerprint density at radius 3 is 2.75 bits per heavy atom. The molecular formula is C15H21ClN2O2. The lowest BCUT2D eigenvalue weighted by Crippen LogP contribution is -2.32. The van der Waals surface area contributed by atoms with Crippen LogP contribution < -0.4 is 11.1 Å². The average Bonchev–Trinajstić information content (AvgIpc) is 2.43. The first-order valence-electron chi connectivity index (χ1n) is 7.07. The molecule has 1 aliphatic carbocycles. The minimum atomic E-state index is -0.480. The Balaban J connectivity index is 1.89. The molecule has 0 bridgehead atoms. The fourth-order valence-electron chi connectivity index (χ4n) is 2.42. The van der Waals surface area contributed by atoms with E-state index in [4.69, 9.17) is 22.1 Å². The van der Waals surface area contributed by atoms with Crippen molar-refractivity contribution >= 4 is 28.9 Å². The van der Waals surface area contributed by atoms with Gasteiger partial charge in [-0.2, -0.15) is 0 Å². The average molecular weight is 297 g/mol. The number of carbonyl (C=O) groups excluding carboxylic acids is 1. The molecule has 1 fully saturated rings. The number of anilines is 2. The number of halogens is 1. The smallest absolute Gasteiger partial charge is 0.253 e. The SMILES string of the molecule is CC(OC1CCCCC1)C(=O)Nc1ccc(N)cc1Cl.